The Labute approximate surface area is 167 Å². The van der Waals surface area contributed by atoms with Crippen LogP contribution in [0.4, 0.5) is 0 Å². The molecule has 0 amide bonds. The monoisotopic (exact) mass is 401 g/mol. The molecule has 0 unspecified atom stereocenters. The van der Waals surface area contributed by atoms with Crippen LogP contribution in [0.25, 0.3) is 0 Å². The fraction of sp³-hybridized carbons (Fsp3) is 0.455. The van der Waals surface area contributed by atoms with Gasteiger partial charge in [0.1, 0.15) is 0 Å². The van der Waals surface area contributed by atoms with Crippen molar-refractivity contribution < 1.29 is 17.9 Å². The molecule has 6 heteroatoms. The van der Waals surface area contributed by atoms with E-state index in [0.29, 0.717) is 37.6 Å². The molecule has 0 N–H and O–H groups in total. The van der Waals surface area contributed by atoms with Crippen LogP contribution in [0.15, 0.2) is 59.5 Å². The third kappa shape index (κ3) is 4.15. The van der Waals surface area contributed by atoms with Crippen LogP contribution in [0.3, 0.4) is 0 Å². The maximum absolute atomic E-state index is 13.1. The van der Waals surface area contributed by atoms with Gasteiger partial charge in [0, 0.05) is 32.5 Å². The van der Waals surface area contributed by atoms with Crippen molar-refractivity contribution in [1.82, 2.24) is 4.31 Å². The first-order valence-corrected chi connectivity index (χ1v) is 11.3. The van der Waals surface area contributed by atoms with Crippen molar-refractivity contribution in [3.63, 3.8) is 0 Å². The predicted molar refractivity (Wildman–Crippen MR) is 108 cm³/mol. The molecule has 2 aromatic rings. The summed E-state index contributed by atoms with van der Waals surface area (Å²) in [7, 11) is -3.52. The fourth-order valence-electron chi connectivity index (χ4n) is 4.14. The fourth-order valence-corrected chi connectivity index (χ4v) is 5.64. The van der Waals surface area contributed by atoms with Gasteiger partial charge in [-0.1, -0.05) is 48.0 Å². The molecule has 0 bridgehead atoms. The molecule has 2 aromatic carbocycles. The first kappa shape index (κ1) is 19.6. The van der Waals surface area contributed by atoms with Crippen molar-refractivity contribution in [2.75, 3.05) is 26.3 Å². The lowest BCUT2D eigenvalue weighted by Crippen LogP contribution is -2.57. The molecule has 0 aromatic heterocycles. The average molecular weight is 402 g/mol. The Morgan fingerprint density at radius 1 is 1.07 bits per heavy atom. The van der Waals surface area contributed by atoms with Crippen LogP contribution in [0, 0.1) is 6.92 Å². The quantitative estimate of drug-likeness (QED) is 0.790. The van der Waals surface area contributed by atoms with Gasteiger partial charge in [-0.25, -0.2) is 8.42 Å². The molecule has 2 aliphatic heterocycles. The van der Waals surface area contributed by atoms with Crippen molar-refractivity contribution in [3.05, 3.63) is 65.7 Å². The van der Waals surface area contributed by atoms with Crippen LogP contribution >= 0.6 is 0 Å². The first-order chi connectivity index (χ1) is 13.5. The second-order valence-corrected chi connectivity index (χ2v) is 9.76. The van der Waals surface area contributed by atoms with Crippen LogP contribution in [0.5, 0.6) is 0 Å². The smallest absolute Gasteiger partial charge is 0.243 e. The number of aryl methyl sites for hydroxylation is 1. The van der Waals surface area contributed by atoms with Crippen LogP contribution in [0.2, 0.25) is 0 Å². The number of hydrogen-bond acceptors (Lipinski definition) is 4. The number of rotatable bonds is 4. The zero-order valence-electron chi connectivity index (χ0n) is 16.2. The molecule has 0 aliphatic carbocycles. The van der Waals surface area contributed by atoms with Gasteiger partial charge in [-0.15, -0.1) is 0 Å². The van der Waals surface area contributed by atoms with E-state index in [-0.39, 0.29) is 6.10 Å². The average Bonchev–Trinajstić information content (AvgIpc) is 2.69. The zero-order chi connectivity index (χ0) is 19.6. The first-order valence-electron chi connectivity index (χ1n) is 9.83. The van der Waals surface area contributed by atoms with Gasteiger partial charge >= 0.3 is 0 Å². The molecule has 2 aliphatic rings. The number of sulfonamides is 1. The summed E-state index contributed by atoms with van der Waals surface area (Å²) in [6, 6.07) is 17.3. The SMILES string of the molecule is Cc1ccc(S(=O)(=O)N2CCO[C@]3(CCO[C@@H](Cc4ccccc4)C3)C2)cc1. The van der Waals surface area contributed by atoms with Crippen LogP contribution in [-0.4, -0.2) is 50.7 Å². The summed E-state index contributed by atoms with van der Waals surface area (Å²) in [4.78, 5) is 0.350. The maximum Gasteiger partial charge on any atom is 0.243 e. The Hall–Kier alpha value is -1.73. The highest BCUT2D eigenvalue weighted by molar-refractivity contribution is 7.89. The van der Waals surface area contributed by atoms with Gasteiger partial charge < -0.3 is 9.47 Å². The molecule has 0 saturated carbocycles. The maximum atomic E-state index is 13.1. The molecule has 2 atom stereocenters. The van der Waals surface area contributed by atoms with Gasteiger partial charge in [-0.05, 0) is 31.0 Å². The molecule has 4 rings (SSSR count). The van der Waals surface area contributed by atoms with Gasteiger partial charge in [-0.2, -0.15) is 4.31 Å². The highest BCUT2D eigenvalue weighted by Gasteiger charge is 2.44. The number of benzene rings is 2. The molecule has 5 nitrogen and oxygen atoms in total. The number of hydrogen-bond donors (Lipinski definition) is 0. The molecule has 2 saturated heterocycles. The van der Waals surface area contributed by atoms with Crippen LogP contribution in [-0.2, 0) is 25.9 Å². The van der Waals surface area contributed by atoms with Crippen LogP contribution in [0.1, 0.15) is 24.0 Å². The molecule has 1 spiro atoms. The minimum atomic E-state index is -3.52. The molecule has 2 heterocycles. The Morgan fingerprint density at radius 3 is 2.57 bits per heavy atom. The Kier molecular flexibility index (Phi) is 5.56. The Bertz CT molecular complexity index is 894. The van der Waals surface area contributed by atoms with Gasteiger partial charge in [0.05, 0.1) is 23.2 Å². The summed E-state index contributed by atoms with van der Waals surface area (Å²) >= 11 is 0. The summed E-state index contributed by atoms with van der Waals surface area (Å²) in [5.74, 6) is 0. The van der Waals surface area contributed by atoms with E-state index in [0.717, 1.165) is 18.4 Å². The van der Waals surface area contributed by atoms with Gasteiger partial charge in [0.25, 0.3) is 0 Å². The molecule has 150 valence electrons. The summed E-state index contributed by atoms with van der Waals surface area (Å²) in [6.07, 6.45) is 2.29. The number of morpholine rings is 1. The Morgan fingerprint density at radius 2 is 1.82 bits per heavy atom. The third-order valence-electron chi connectivity index (χ3n) is 5.69. The predicted octanol–water partition coefficient (Wildman–Crippen LogP) is 3.18. The van der Waals surface area contributed by atoms with E-state index in [1.165, 1.54) is 5.56 Å². The second kappa shape index (κ2) is 7.95. The van der Waals surface area contributed by atoms with E-state index >= 15 is 0 Å². The van der Waals surface area contributed by atoms with E-state index in [4.69, 9.17) is 9.47 Å². The molecule has 0 radical (unpaired) electrons. The summed E-state index contributed by atoms with van der Waals surface area (Å²) in [6.45, 7) is 3.74. The molecular weight excluding hydrogens is 374 g/mol. The zero-order valence-corrected chi connectivity index (χ0v) is 17.0. The minimum absolute atomic E-state index is 0.0400. The third-order valence-corrected chi connectivity index (χ3v) is 7.55. The van der Waals surface area contributed by atoms with Crippen molar-refractivity contribution in [2.24, 2.45) is 0 Å². The standard InChI is InChI=1S/C22H27NO4S/c1-18-7-9-21(10-8-18)28(24,25)23-12-14-27-22(17-23)11-13-26-20(16-22)15-19-5-3-2-4-6-19/h2-10,20H,11-17H2,1H3/t20-,22-/m0/s1. The lowest BCUT2D eigenvalue weighted by Gasteiger charge is -2.46. The van der Waals surface area contributed by atoms with E-state index in [9.17, 15) is 8.42 Å². The van der Waals surface area contributed by atoms with Crippen LogP contribution < -0.4 is 0 Å². The van der Waals surface area contributed by atoms with E-state index in [1.807, 2.05) is 37.3 Å². The van der Waals surface area contributed by atoms with E-state index in [2.05, 4.69) is 12.1 Å². The highest BCUT2D eigenvalue weighted by Crippen LogP contribution is 2.35. The number of nitrogens with zero attached hydrogens (tertiary/aromatic N) is 1. The molecule has 28 heavy (non-hydrogen) atoms. The lowest BCUT2D eigenvalue weighted by molar-refractivity contribution is -0.161. The highest BCUT2D eigenvalue weighted by atomic mass is 32.2. The summed E-state index contributed by atoms with van der Waals surface area (Å²) in [5.41, 5.74) is 1.81. The van der Waals surface area contributed by atoms with Crippen molar-refractivity contribution in [2.45, 2.75) is 42.8 Å². The number of ether oxygens (including phenoxy) is 2. The van der Waals surface area contributed by atoms with Crippen molar-refractivity contribution in [3.8, 4) is 0 Å². The largest absolute Gasteiger partial charge is 0.378 e. The van der Waals surface area contributed by atoms with Crippen molar-refractivity contribution in [1.29, 1.82) is 0 Å². The van der Waals surface area contributed by atoms with Crippen molar-refractivity contribution >= 4 is 10.0 Å². The topological polar surface area (TPSA) is 55.8 Å². The van der Waals surface area contributed by atoms with E-state index < -0.39 is 15.6 Å². The van der Waals surface area contributed by atoms with Gasteiger partial charge in [-0.3, -0.25) is 0 Å². The lowest BCUT2D eigenvalue weighted by atomic mass is 9.87. The van der Waals surface area contributed by atoms with Gasteiger partial charge in [0.15, 0.2) is 0 Å². The van der Waals surface area contributed by atoms with E-state index in [1.54, 1.807) is 16.4 Å². The Balaban J connectivity index is 1.50. The molecule has 2 fully saturated rings. The second-order valence-electron chi connectivity index (χ2n) is 7.82. The molecular formula is C22H27NO4S. The summed E-state index contributed by atoms with van der Waals surface area (Å²) in [5, 5.41) is 0. The normalized spacial score (nSPS) is 26.4. The van der Waals surface area contributed by atoms with Gasteiger partial charge in [0.2, 0.25) is 10.0 Å². The summed E-state index contributed by atoms with van der Waals surface area (Å²) < 4.78 is 40.0. The minimum Gasteiger partial charge on any atom is -0.378 e.